The van der Waals surface area contributed by atoms with Gasteiger partial charge in [-0.25, -0.2) is 23.1 Å². The van der Waals surface area contributed by atoms with Crippen LogP contribution in [-0.2, 0) is 19.0 Å². The molecule has 1 N–H and O–H groups in total. The van der Waals surface area contributed by atoms with Crippen LogP contribution in [0.5, 0.6) is 0 Å². The standard InChI is InChI=1S/C38H46F6N4O/c1-22(2)17-23-20-45-35(46-21-23)48-15-11-26(12-16-48)34-32(33(39)25-5-7-27(8-6-25)38(42,43)44)30(24-9-13-37(40,41)14-10-24)31-28(47-34)18-36(3,4)19-29(31)49/h5-8,20-22,24,26,29,33,49H,9-19H2,1-4H3. The summed E-state index contributed by atoms with van der Waals surface area (Å²) in [5, 5.41) is 11.6. The Kier molecular flexibility index (Phi) is 9.80. The fourth-order valence-corrected chi connectivity index (χ4v) is 8.16. The molecule has 0 amide bonds. The number of fused-ring (bicyclic) bond motifs is 1. The number of aliphatic hydroxyl groups excluding tert-OH is 1. The smallest absolute Gasteiger partial charge is 0.388 e. The zero-order valence-corrected chi connectivity index (χ0v) is 28.6. The van der Waals surface area contributed by atoms with Gasteiger partial charge in [0, 0.05) is 61.1 Å². The number of anilines is 1. The van der Waals surface area contributed by atoms with Gasteiger partial charge in [-0.15, -0.1) is 0 Å². The highest BCUT2D eigenvalue weighted by Crippen LogP contribution is 2.52. The molecule has 0 bridgehead atoms. The first-order valence-corrected chi connectivity index (χ1v) is 17.5. The summed E-state index contributed by atoms with van der Waals surface area (Å²) in [5.74, 6) is -2.36. The highest BCUT2D eigenvalue weighted by atomic mass is 19.4. The zero-order chi connectivity index (χ0) is 35.3. The molecule has 1 aromatic carbocycles. The van der Waals surface area contributed by atoms with Crippen LogP contribution < -0.4 is 4.90 Å². The van der Waals surface area contributed by atoms with E-state index in [9.17, 15) is 27.1 Å². The number of aliphatic hydroxyl groups is 1. The molecule has 2 aliphatic carbocycles. The lowest BCUT2D eigenvalue weighted by atomic mass is 9.68. The van der Waals surface area contributed by atoms with Crippen molar-refractivity contribution in [1.29, 1.82) is 0 Å². The molecule has 3 heterocycles. The van der Waals surface area contributed by atoms with E-state index in [-0.39, 0.29) is 48.1 Å². The van der Waals surface area contributed by atoms with Crippen molar-refractivity contribution < 1.29 is 31.4 Å². The summed E-state index contributed by atoms with van der Waals surface area (Å²) < 4.78 is 86.4. The summed E-state index contributed by atoms with van der Waals surface area (Å²) in [6, 6.07) is 4.04. The van der Waals surface area contributed by atoms with E-state index < -0.39 is 35.9 Å². The van der Waals surface area contributed by atoms with Gasteiger partial charge in [0.25, 0.3) is 0 Å². The van der Waals surface area contributed by atoms with Crippen LogP contribution in [0.1, 0.15) is 142 Å². The number of alkyl halides is 6. The van der Waals surface area contributed by atoms with Crippen molar-refractivity contribution in [2.24, 2.45) is 11.3 Å². The molecule has 49 heavy (non-hydrogen) atoms. The van der Waals surface area contributed by atoms with Crippen molar-refractivity contribution in [3.63, 3.8) is 0 Å². The van der Waals surface area contributed by atoms with E-state index in [0.717, 1.165) is 36.2 Å². The molecule has 5 nitrogen and oxygen atoms in total. The number of benzene rings is 1. The average Bonchev–Trinajstić information content (AvgIpc) is 3.03. The maximum atomic E-state index is 17.2. The lowest BCUT2D eigenvalue weighted by molar-refractivity contribution is -0.137. The molecule has 11 heteroatoms. The Hall–Kier alpha value is -3.21. The van der Waals surface area contributed by atoms with Gasteiger partial charge in [0.05, 0.1) is 17.4 Å². The first-order chi connectivity index (χ1) is 23.0. The number of piperidine rings is 1. The van der Waals surface area contributed by atoms with Gasteiger partial charge in [-0.05, 0) is 91.0 Å². The van der Waals surface area contributed by atoms with Gasteiger partial charge < -0.3 is 10.0 Å². The fourth-order valence-electron chi connectivity index (χ4n) is 8.16. The highest BCUT2D eigenvalue weighted by Gasteiger charge is 2.44. The van der Waals surface area contributed by atoms with Crippen molar-refractivity contribution in [2.45, 2.75) is 122 Å². The van der Waals surface area contributed by atoms with Crippen LogP contribution >= 0.6 is 0 Å². The first-order valence-electron chi connectivity index (χ1n) is 17.5. The summed E-state index contributed by atoms with van der Waals surface area (Å²) in [7, 11) is 0. The second kappa shape index (κ2) is 13.5. The van der Waals surface area contributed by atoms with Crippen molar-refractivity contribution in [2.75, 3.05) is 18.0 Å². The van der Waals surface area contributed by atoms with E-state index in [2.05, 4.69) is 28.7 Å². The molecule has 266 valence electrons. The predicted molar refractivity (Wildman–Crippen MR) is 177 cm³/mol. The number of pyridine rings is 1. The predicted octanol–water partition coefficient (Wildman–Crippen LogP) is 9.83. The molecule has 1 saturated heterocycles. The Labute approximate surface area is 284 Å². The third-order valence-electron chi connectivity index (χ3n) is 10.6. The van der Waals surface area contributed by atoms with Crippen LogP contribution in [0.15, 0.2) is 36.7 Å². The molecule has 0 radical (unpaired) electrons. The van der Waals surface area contributed by atoms with E-state index in [0.29, 0.717) is 73.2 Å². The second-order valence-corrected chi connectivity index (χ2v) is 15.6. The lowest BCUT2D eigenvalue weighted by Gasteiger charge is -2.41. The van der Waals surface area contributed by atoms with Crippen molar-refractivity contribution in [1.82, 2.24) is 15.0 Å². The molecule has 2 unspecified atom stereocenters. The summed E-state index contributed by atoms with van der Waals surface area (Å²) in [4.78, 5) is 16.4. The minimum Gasteiger partial charge on any atom is -0.388 e. The molecule has 2 fully saturated rings. The molecule has 1 aliphatic heterocycles. The van der Waals surface area contributed by atoms with Crippen molar-refractivity contribution in [3.8, 4) is 0 Å². The topological polar surface area (TPSA) is 62.1 Å². The molecular weight excluding hydrogens is 642 g/mol. The summed E-state index contributed by atoms with van der Waals surface area (Å²) in [6.45, 7) is 9.53. The highest BCUT2D eigenvalue weighted by molar-refractivity contribution is 5.51. The third kappa shape index (κ3) is 7.76. The molecule has 0 spiro atoms. The molecule has 3 aliphatic rings. The van der Waals surface area contributed by atoms with Gasteiger partial charge in [-0.3, -0.25) is 4.98 Å². The Balaban J connectivity index is 1.42. The van der Waals surface area contributed by atoms with Crippen LogP contribution in [0.25, 0.3) is 0 Å². The van der Waals surface area contributed by atoms with Crippen LogP contribution in [0.3, 0.4) is 0 Å². The van der Waals surface area contributed by atoms with Crippen LogP contribution in [-0.4, -0.2) is 39.1 Å². The Morgan fingerprint density at radius 2 is 1.53 bits per heavy atom. The maximum absolute atomic E-state index is 17.2. The minimum absolute atomic E-state index is 0.0383. The second-order valence-electron chi connectivity index (χ2n) is 15.6. The SMILES string of the molecule is CC(C)Cc1cnc(N2CCC(c3nc4c(c(C5CCC(F)(F)CC5)c3C(F)c3ccc(C(F)(F)F)cc3)C(O)CC(C)(C)C4)CC2)nc1. The van der Waals surface area contributed by atoms with Crippen molar-refractivity contribution in [3.05, 3.63) is 81.4 Å². The van der Waals surface area contributed by atoms with Gasteiger partial charge in [-0.2, -0.15) is 13.2 Å². The molecule has 2 atom stereocenters. The molecule has 3 aromatic rings. The van der Waals surface area contributed by atoms with E-state index in [1.165, 1.54) is 0 Å². The summed E-state index contributed by atoms with van der Waals surface area (Å²) >= 11 is 0. The van der Waals surface area contributed by atoms with Crippen molar-refractivity contribution >= 4 is 5.95 Å². The van der Waals surface area contributed by atoms with Crippen LogP contribution in [0.2, 0.25) is 0 Å². The molecular formula is C38H46F6N4O. The minimum atomic E-state index is -4.58. The summed E-state index contributed by atoms with van der Waals surface area (Å²) in [6.07, 6.45) is -1.14. The summed E-state index contributed by atoms with van der Waals surface area (Å²) in [5.41, 5.74) is 2.42. The monoisotopic (exact) mass is 688 g/mol. The number of rotatable bonds is 7. The quantitative estimate of drug-likeness (QED) is 0.251. The first kappa shape index (κ1) is 35.6. The Bertz CT molecular complexity index is 1610. The van der Waals surface area contributed by atoms with E-state index in [1.54, 1.807) is 0 Å². The fraction of sp³-hybridized carbons (Fsp3) is 0.605. The van der Waals surface area contributed by atoms with E-state index >= 15 is 4.39 Å². The van der Waals surface area contributed by atoms with Crippen LogP contribution in [0.4, 0.5) is 32.3 Å². The number of hydrogen-bond acceptors (Lipinski definition) is 5. The van der Waals surface area contributed by atoms with Gasteiger partial charge >= 0.3 is 6.18 Å². The molecule has 2 aromatic heterocycles. The largest absolute Gasteiger partial charge is 0.416 e. The van der Waals surface area contributed by atoms with Gasteiger partial charge in [0.1, 0.15) is 0 Å². The lowest BCUT2D eigenvalue weighted by Crippen LogP contribution is -2.36. The third-order valence-corrected chi connectivity index (χ3v) is 10.6. The Morgan fingerprint density at radius 1 is 0.918 bits per heavy atom. The number of hydrogen-bond donors (Lipinski definition) is 1. The Morgan fingerprint density at radius 3 is 2.10 bits per heavy atom. The zero-order valence-electron chi connectivity index (χ0n) is 28.6. The average molecular weight is 689 g/mol. The van der Waals surface area contributed by atoms with Gasteiger partial charge in [-0.1, -0.05) is 39.8 Å². The number of aromatic nitrogens is 3. The maximum Gasteiger partial charge on any atom is 0.416 e. The molecule has 6 rings (SSSR count). The van der Waals surface area contributed by atoms with Gasteiger partial charge in [0.2, 0.25) is 11.9 Å². The number of nitrogens with zero attached hydrogens (tertiary/aromatic N) is 4. The normalized spacial score (nSPS) is 22.3. The molecule has 1 saturated carbocycles. The van der Waals surface area contributed by atoms with Gasteiger partial charge in [0.15, 0.2) is 6.17 Å². The van der Waals surface area contributed by atoms with Crippen LogP contribution in [0, 0.1) is 11.3 Å². The number of halogens is 6. The van der Waals surface area contributed by atoms with E-state index in [1.807, 2.05) is 26.2 Å². The van der Waals surface area contributed by atoms with E-state index in [4.69, 9.17) is 4.98 Å².